The molecule has 0 spiro atoms. The van der Waals surface area contributed by atoms with Gasteiger partial charge in [0.1, 0.15) is 6.54 Å². The summed E-state index contributed by atoms with van der Waals surface area (Å²) in [6, 6.07) is 6.79. The highest BCUT2D eigenvalue weighted by Gasteiger charge is 2.33. The van der Waals surface area contributed by atoms with E-state index in [9.17, 15) is 18.0 Å². The van der Waals surface area contributed by atoms with E-state index >= 15 is 0 Å². The van der Waals surface area contributed by atoms with Crippen LogP contribution in [0.5, 0.6) is 0 Å². The fourth-order valence-corrected chi connectivity index (χ4v) is 3.01. The molecule has 2 heterocycles. The largest absolute Gasteiger partial charge is 0.435 e. The number of thiazole rings is 1. The number of nitrogens with zero attached hydrogens (tertiary/aromatic N) is 3. The lowest BCUT2D eigenvalue weighted by Gasteiger charge is -2.04. The average Bonchev–Trinajstić information content (AvgIpc) is 3.19. The predicted molar refractivity (Wildman–Crippen MR) is 92.9 cm³/mol. The normalized spacial score (nSPS) is 11.6. The molecule has 0 bridgehead atoms. The lowest BCUT2D eigenvalue weighted by molar-refractivity contribution is -0.141. The average molecular weight is 380 g/mol. The van der Waals surface area contributed by atoms with Crippen molar-refractivity contribution in [3.05, 3.63) is 52.7 Å². The number of aryl methyl sites for hydroxylation is 2. The first kappa shape index (κ1) is 18.1. The van der Waals surface area contributed by atoms with E-state index in [4.69, 9.17) is 0 Å². The Labute approximate surface area is 151 Å². The number of halogens is 3. The van der Waals surface area contributed by atoms with Crippen LogP contribution in [0.25, 0.3) is 11.3 Å². The summed E-state index contributed by atoms with van der Waals surface area (Å²) < 4.78 is 38.5. The molecule has 0 saturated heterocycles. The van der Waals surface area contributed by atoms with E-state index in [1.165, 1.54) is 16.9 Å². The predicted octanol–water partition coefficient (Wildman–Crippen LogP) is 4.28. The number of carbonyl (C=O) groups is 1. The summed E-state index contributed by atoms with van der Waals surface area (Å²) in [5.74, 6) is -0.497. The Morgan fingerprint density at radius 2 is 2.00 bits per heavy atom. The van der Waals surface area contributed by atoms with Gasteiger partial charge in [-0.3, -0.25) is 9.48 Å². The number of alkyl halides is 3. The molecule has 1 amide bonds. The monoisotopic (exact) mass is 380 g/mol. The van der Waals surface area contributed by atoms with Crippen LogP contribution in [-0.2, 0) is 17.5 Å². The molecule has 26 heavy (non-hydrogen) atoms. The Morgan fingerprint density at radius 3 is 2.65 bits per heavy atom. The maximum absolute atomic E-state index is 12.5. The molecule has 3 aromatic rings. The van der Waals surface area contributed by atoms with E-state index in [0.717, 1.165) is 33.8 Å². The van der Waals surface area contributed by atoms with Crippen LogP contribution < -0.4 is 5.32 Å². The van der Waals surface area contributed by atoms with Crippen molar-refractivity contribution in [1.29, 1.82) is 0 Å². The van der Waals surface area contributed by atoms with Crippen LogP contribution in [0.3, 0.4) is 0 Å². The second-order valence-corrected chi connectivity index (χ2v) is 6.64. The Balaban J connectivity index is 1.66. The minimum atomic E-state index is -4.53. The van der Waals surface area contributed by atoms with Crippen LogP contribution >= 0.6 is 11.3 Å². The lowest BCUT2D eigenvalue weighted by Crippen LogP contribution is -2.19. The molecule has 136 valence electrons. The molecule has 9 heteroatoms. The van der Waals surface area contributed by atoms with E-state index < -0.39 is 17.8 Å². The second-order valence-electron chi connectivity index (χ2n) is 5.78. The highest BCUT2D eigenvalue weighted by Crippen LogP contribution is 2.28. The molecule has 0 atom stereocenters. The van der Waals surface area contributed by atoms with Gasteiger partial charge in [0.15, 0.2) is 10.8 Å². The SMILES string of the molecule is Cc1ccc(-c2csc(NC(=O)Cn3ccc(C(F)(F)F)n3)n2)cc1C. The standard InChI is InChI=1S/C17H15F3N4OS/c1-10-3-4-12(7-11(10)2)13-9-26-16(21-13)22-15(25)8-24-6-5-14(23-24)17(18,19)20/h3-7,9H,8H2,1-2H3,(H,21,22,25). The number of nitrogens with one attached hydrogen (secondary N) is 1. The van der Waals surface area contributed by atoms with Gasteiger partial charge in [0, 0.05) is 17.1 Å². The summed E-state index contributed by atoms with van der Waals surface area (Å²) in [6.07, 6.45) is -3.41. The van der Waals surface area contributed by atoms with Crippen molar-refractivity contribution in [3.8, 4) is 11.3 Å². The first-order chi connectivity index (χ1) is 12.2. The summed E-state index contributed by atoms with van der Waals surface area (Å²) in [7, 11) is 0. The first-order valence-electron chi connectivity index (χ1n) is 7.66. The third kappa shape index (κ3) is 4.10. The van der Waals surface area contributed by atoms with Crippen LogP contribution in [0.2, 0.25) is 0 Å². The van der Waals surface area contributed by atoms with Crippen molar-refractivity contribution in [2.75, 3.05) is 5.32 Å². The highest BCUT2D eigenvalue weighted by molar-refractivity contribution is 7.14. The number of amides is 1. The van der Waals surface area contributed by atoms with Gasteiger partial charge in [-0.1, -0.05) is 12.1 Å². The molecule has 5 nitrogen and oxygen atoms in total. The highest BCUT2D eigenvalue weighted by atomic mass is 32.1. The molecule has 0 unspecified atom stereocenters. The maximum atomic E-state index is 12.5. The molecule has 0 aliphatic heterocycles. The van der Waals surface area contributed by atoms with E-state index in [2.05, 4.69) is 15.4 Å². The van der Waals surface area contributed by atoms with Crippen molar-refractivity contribution in [3.63, 3.8) is 0 Å². The third-order valence-electron chi connectivity index (χ3n) is 3.79. The van der Waals surface area contributed by atoms with Gasteiger partial charge >= 0.3 is 6.18 Å². The molecule has 1 aromatic carbocycles. The molecule has 1 N–H and O–H groups in total. The van der Waals surface area contributed by atoms with Gasteiger partial charge in [-0.2, -0.15) is 18.3 Å². The third-order valence-corrected chi connectivity index (χ3v) is 4.55. The number of aromatic nitrogens is 3. The molecule has 0 saturated carbocycles. The zero-order chi connectivity index (χ0) is 18.9. The Hall–Kier alpha value is -2.68. The zero-order valence-electron chi connectivity index (χ0n) is 14.0. The summed E-state index contributed by atoms with van der Waals surface area (Å²) >= 11 is 1.25. The molecular formula is C17H15F3N4OS. The number of benzene rings is 1. The summed E-state index contributed by atoms with van der Waals surface area (Å²) in [6.45, 7) is 3.70. The smallest absolute Gasteiger partial charge is 0.300 e. The maximum Gasteiger partial charge on any atom is 0.435 e. The van der Waals surface area contributed by atoms with Crippen LogP contribution in [0.4, 0.5) is 18.3 Å². The summed E-state index contributed by atoms with van der Waals surface area (Å²) in [5, 5.41) is 8.12. The minimum Gasteiger partial charge on any atom is -0.300 e. The Morgan fingerprint density at radius 1 is 1.23 bits per heavy atom. The van der Waals surface area contributed by atoms with Gasteiger partial charge < -0.3 is 5.32 Å². The van der Waals surface area contributed by atoms with Crippen LogP contribution in [0.15, 0.2) is 35.8 Å². The number of hydrogen-bond donors (Lipinski definition) is 1. The van der Waals surface area contributed by atoms with Crippen LogP contribution in [0, 0.1) is 13.8 Å². The van der Waals surface area contributed by atoms with Crippen LogP contribution in [0.1, 0.15) is 16.8 Å². The van der Waals surface area contributed by atoms with Crippen molar-refractivity contribution in [2.24, 2.45) is 0 Å². The van der Waals surface area contributed by atoms with Crippen LogP contribution in [-0.4, -0.2) is 20.7 Å². The zero-order valence-corrected chi connectivity index (χ0v) is 14.8. The second kappa shape index (κ2) is 6.91. The van der Waals surface area contributed by atoms with Gasteiger partial charge in [-0.25, -0.2) is 4.98 Å². The molecule has 0 fully saturated rings. The van der Waals surface area contributed by atoms with Crippen molar-refractivity contribution in [1.82, 2.24) is 14.8 Å². The molecule has 2 aromatic heterocycles. The number of rotatable bonds is 4. The quantitative estimate of drug-likeness (QED) is 0.735. The fourth-order valence-electron chi connectivity index (χ4n) is 2.27. The van der Waals surface area contributed by atoms with Gasteiger partial charge in [-0.15, -0.1) is 11.3 Å². The van der Waals surface area contributed by atoms with Gasteiger partial charge in [-0.05, 0) is 37.1 Å². The topological polar surface area (TPSA) is 59.8 Å². The Bertz CT molecular complexity index is 946. The van der Waals surface area contributed by atoms with Crippen molar-refractivity contribution < 1.29 is 18.0 Å². The van der Waals surface area contributed by atoms with E-state index in [-0.39, 0.29) is 6.54 Å². The van der Waals surface area contributed by atoms with Gasteiger partial charge in [0.2, 0.25) is 5.91 Å². The Kier molecular flexibility index (Phi) is 4.82. The van der Waals surface area contributed by atoms with E-state index in [1.807, 2.05) is 37.4 Å². The van der Waals surface area contributed by atoms with Crippen molar-refractivity contribution in [2.45, 2.75) is 26.6 Å². The molecule has 0 aliphatic carbocycles. The molecule has 3 rings (SSSR count). The fraction of sp³-hybridized carbons (Fsp3) is 0.235. The molecular weight excluding hydrogens is 365 g/mol. The van der Waals surface area contributed by atoms with Gasteiger partial charge in [0.05, 0.1) is 5.69 Å². The van der Waals surface area contributed by atoms with E-state index in [0.29, 0.717) is 5.13 Å². The molecule has 0 aliphatic rings. The minimum absolute atomic E-state index is 0.325. The lowest BCUT2D eigenvalue weighted by atomic mass is 10.1. The molecule has 0 radical (unpaired) electrons. The number of carbonyl (C=O) groups excluding carboxylic acids is 1. The summed E-state index contributed by atoms with van der Waals surface area (Å²) in [4.78, 5) is 16.4. The van der Waals surface area contributed by atoms with Gasteiger partial charge in [0.25, 0.3) is 0 Å². The number of hydrogen-bond acceptors (Lipinski definition) is 4. The number of anilines is 1. The van der Waals surface area contributed by atoms with E-state index in [1.54, 1.807) is 0 Å². The van der Waals surface area contributed by atoms with Crippen molar-refractivity contribution >= 4 is 22.4 Å². The first-order valence-corrected chi connectivity index (χ1v) is 8.54. The summed E-state index contributed by atoms with van der Waals surface area (Å²) in [5.41, 5.74) is 2.95.